The van der Waals surface area contributed by atoms with Crippen molar-refractivity contribution in [2.45, 2.75) is 62.7 Å². The van der Waals surface area contributed by atoms with Gasteiger partial charge in [-0.3, -0.25) is 0 Å². The van der Waals surface area contributed by atoms with E-state index in [9.17, 15) is 8.42 Å². The molecule has 0 N–H and O–H groups in total. The standard InChI is InChI=1S/C17H24O4S/c1-3-13(2)14-4-6-15(7-5-14)21-22(18,19)16-8-10-17(11-9-16)12-20-17/h4-7,13,16H,3,8-12H2,1-2H3. The van der Waals surface area contributed by atoms with Crippen LogP contribution in [0, 0.1) is 0 Å². The van der Waals surface area contributed by atoms with Gasteiger partial charge in [0, 0.05) is 0 Å². The molecule has 5 heteroatoms. The second-order valence-electron chi connectivity index (χ2n) is 6.63. The number of hydrogen-bond acceptors (Lipinski definition) is 4. The summed E-state index contributed by atoms with van der Waals surface area (Å²) in [5, 5.41) is -0.406. The molecular weight excluding hydrogens is 300 g/mol. The lowest BCUT2D eigenvalue weighted by Crippen LogP contribution is -2.33. The van der Waals surface area contributed by atoms with Crippen molar-refractivity contribution >= 4 is 10.1 Å². The van der Waals surface area contributed by atoms with Crippen LogP contribution < -0.4 is 4.18 Å². The highest BCUT2D eigenvalue weighted by Crippen LogP contribution is 2.43. The second-order valence-corrected chi connectivity index (χ2v) is 8.44. The summed E-state index contributed by atoms with van der Waals surface area (Å²) in [6, 6.07) is 7.42. The average molecular weight is 324 g/mol. The molecule has 1 aromatic rings. The first-order chi connectivity index (χ1) is 10.4. The summed E-state index contributed by atoms with van der Waals surface area (Å²) in [6.45, 7) is 5.08. The van der Waals surface area contributed by atoms with Crippen LogP contribution in [-0.2, 0) is 14.9 Å². The van der Waals surface area contributed by atoms with Gasteiger partial charge in [-0.15, -0.1) is 0 Å². The van der Waals surface area contributed by atoms with Gasteiger partial charge in [-0.1, -0.05) is 26.0 Å². The number of benzene rings is 1. The third-order valence-electron chi connectivity index (χ3n) is 5.08. The molecule has 1 heterocycles. The quantitative estimate of drug-likeness (QED) is 0.613. The van der Waals surface area contributed by atoms with Crippen LogP contribution >= 0.6 is 0 Å². The summed E-state index contributed by atoms with van der Waals surface area (Å²) in [7, 11) is -3.55. The van der Waals surface area contributed by atoms with Gasteiger partial charge in [0.1, 0.15) is 5.75 Å². The molecule has 0 aromatic heterocycles. The Kier molecular flexibility index (Phi) is 4.21. The average Bonchev–Trinajstić information content (AvgIpc) is 3.26. The maximum atomic E-state index is 12.4. The molecule has 1 spiro atoms. The van der Waals surface area contributed by atoms with Crippen LogP contribution in [-0.4, -0.2) is 25.9 Å². The van der Waals surface area contributed by atoms with E-state index in [1.54, 1.807) is 12.1 Å². The van der Waals surface area contributed by atoms with Crippen LogP contribution in [0.2, 0.25) is 0 Å². The first-order valence-corrected chi connectivity index (χ1v) is 9.58. The van der Waals surface area contributed by atoms with Gasteiger partial charge in [-0.2, -0.15) is 8.42 Å². The maximum Gasteiger partial charge on any atom is 0.312 e. The molecule has 22 heavy (non-hydrogen) atoms. The van der Waals surface area contributed by atoms with Gasteiger partial charge in [0.2, 0.25) is 0 Å². The Balaban J connectivity index is 1.63. The summed E-state index contributed by atoms with van der Waals surface area (Å²) >= 11 is 0. The molecule has 122 valence electrons. The molecule has 1 aliphatic heterocycles. The van der Waals surface area contributed by atoms with Gasteiger partial charge < -0.3 is 8.92 Å². The number of ether oxygens (including phenoxy) is 1. The van der Waals surface area contributed by atoms with Gasteiger partial charge in [0.25, 0.3) is 0 Å². The molecular formula is C17H24O4S. The second kappa shape index (κ2) is 5.85. The minimum atomic E-state index is -3.55. The van der Waals surface area contributed by atoms with Crippen LogP contribution in [0.3, 0.4) is 0 Å². The Bertz CT molecular complexity index is 607. The lowest BCUT2D eigenvalue weighted by Gasteiger charge is -2.25. The van der Waals surface area contributed by atoms with Crippen LogP contribution in [0.5, 0.6) is 5.75 Å². The van der Waals surface area contributed by atoms with Gasteiger partial charge in [-0.05, 0) is 55.7 Å². The predicted octanol–water partition coefficient (Wildman–Crippen LogP) is 3.62. The molecule has 3 rings (SSSR count). The Morgan fingerprint density at radius 3 is 2.36 bits per heavy atom. The molecule has 0 amide bonds. The first kappa shape index (κ1) is 15.8. The molecule has 0 bridgehead atoms. The molecule has 1 aromatic carbocycles. The Labute approximate surface area is 132 Å². The van der Waals surface area contributed by atoms with Crippen molar-refractivity contribution in [1.82, 2.24) is 0 Å². The van der Waals surface area contributed by atoms with Crippen molar-refractivity contribution in [3.05, 3.63) is 29.8 Å². The zero-order valence-electron chi connectivity index (χ0n) is 13.2. The smallest absolute Gasteiger partial charge is 0.312 e. The van der Waals surface area contributed by atoms with Crippen LogP contribution in [0.25, 0.3) is 0 Å². The van der Waals surface area contributed by atoms with Crippen molar-refractivity contribution in [2.24, 2.45) is 0 Å². The molecule has 1 saturated heterocycles. The van der Waals surface area contributed by atoms with Crippen LogP contribution in [0.15, 0.2) is 24.3 Å². The Morgan fingerprint density at radius 2 is 1.86 bits per heavy atom. The molecule has 1 aliphatic carbocycles. The largest absolute Gasteiger partial charge is 0.382 e. The van der Waals surface area contributed by atoms with E-state index in [1.807, 2.05) is 12.1 Å². The van der Waals surface area contributed by atoms with Gasteiger partial charge in [0.05, 0.1) is 17.5 Å². The summed E-state index contributed by atoms with van der Waals surface area (Å²) in [5.41, 5.74) is 1.21. The SMILES string of the molecule is CCC(C)c1ccc(OS(=O)(=O)C2CCC3(CC2)CO3)cc1. The summed E-state index contributed by atoms with van der Waals surface area (Å²) in [6.07, 6.45) is 3.98. The van der Waals surface area contributed by atoms with E-state index in [2.05, 4.69) is 13.8 Å². The van der Waals surface area contributed by atoms with Crippen LogP contribution in [0.4, 0.5) is 0 Å². The van der Waals surface area contributed by atoms with E-state index in [0.29, 0.717) is 24.5 Å². The Hall–Kier alpha value is -1.07. The zero-order chi connectivity index (χ0) is 15.8. The first-order valence-electron chi connectivity index (χ1n) is 8.11. The van der Waals surface area contributed by atoms with Crippen molar-refractivity contribution in [2.75, 3.05) is 6.61 Å². The third kappa shape index (κ3) is 3.30. The number of rotatable bonds is 5. The normalized spacial score (nSPS) is 29.3. The molecule has 0 radical (unpaired) electrons. The number of epoxide rings is 1. The lowest BCUT2D eigenvalue weighted by molar-refractivity contribution is 0.235. The van der Waals surface area contributed by atoms with Crippen molar-refractivity contribution in [3.8, 4) is 5.75 Å². The predicted molar refractivity (Wildman–Crippen MR) is 85.6 cm³/mol. The lowest BCUT2D eigenvalue weighted by atomic mass is 9.89. The minimum Gasteiger partial charge on any atom is -0.382 e. The molecule has 1 unspecified atom stereocenters. The highest BCUT2D eigenvalue weighted by Gasteiger charge is 2.49. The van der Waals surface area contributed by atoms with E-state index in [-0.39, 0.29) is 5.60 Å². The molecule has 1 atom stereocenters. The van der Waals surface area contributed by atoms with Gasteiger partial charge in [0.15, 0.2) is 0 Å². The molecule has 2 aliphatic rings. The minimum absolute atomic E-state index is 0.00393. The van der Waals surface area contributed by atoms with E-state index in [4.69, 9.17) is 8.92 Å². The van der Waals surface area contributed by atoms with E-state index >= 15 is 0 Å². The van der Waals surface area contributed by atoms with E-state index < -0.39 is 15.4 Å². The van der Waals surface area contributed by atoms with Gasteiger partial charge in [-0.25, -0.2) is 0 Å². The van der Waals surface area contributed by atoms with E-state index in [1.165, 1.54) is 5.56 Å². The fourth-order valence-electron chi connectivity index (χ4n) is 3.09. The maximum absolute atomic E-state index is 12.4. The highest BCUT2D eigenvalue weighted by molar-refractivity contribution is 7.87. The van der Waals surface area contributed by atoms with Crippen LogP contribution in [0.1, 0.15) is 57.4 Å². The summed E-state index contributed by atoms with van der Waals surface area (Å²) < 4.78 is 35.6. The Morgan fingerprint density at radius 1 is 1.27 bits per heavy atom. The van der Waals surface area contributed by atoms with Crippen molar-refractivity contribution < 1.29 is 17.3 Å². The van der Waals surface area contributed by atoms with Crippen molar-refractivity contribution in [3.63, 3.8) is 0 Å². The molecule has 2 fully saturated rings. The van der Waals surface area contributed by atoms with Gasteiger partial charge >= 0.3 is 10.1 Å². The summed E-state index contributed by atoms with van der Waals surface area (Å²) in [4.78, 5) is 0. The zero-order valence-corrected chi connectivity index (χ0v) is 14.1. The third-order valence-corrected chi connectivity index (χ3v) is 6.79. The fraction of sp³-hybridized carbons (Fsp3) is 0.647. The fourth-order valence-corrected chi connectivity index (χ4v) is 4.42. The highest BCUT2D eigenvalue weighted by atomic mass is 32.2. The number of hydrogen-bond donors (Lipinski definition) is 0. The topological polar surface area (TPSA) is 55.9 Å². The monoisotopic (exact) mass is 324 g/mol. The summed E-state index contributed by atoms with van der Waals surface area (Å²) in [5.74, 6) is 0.883. The molecule has 4 nitrogen and oxygen atoms in total. The van der Waals surface area contributed by atoms with Crippen molar-refractivity contribution in [1.29, 1.82) is 0 Å². The molecule has 1 saturated carbocycles. The van der Waals surface area contributed by atoms with E-state index in [0.717, 1.165) is 25.9 Å².